The van der Waals surface area contributed by atoms with Crippen LogP contribution in [0.2, 0.25) is 5.02 Å². The number of benzene rings is 1. The standard InChI is InChI=1S/C13H17Br2ClO/c1-2-17-8-7-13(9-14,10-15)11-3-5-12(16)6-4-11/h3-6H,2,7-10H2,1H3. The van der Waals surface area contributed by atoms with E-state index in [0.717, 1.165) is 35.3 Å². The maximum atomic E-state index is 5.93. The smallest absolute Gasteiger partial charge is 0.0474 e. The molecule has 0 aromatic heterocycles. The maximum absolute atomic E-state index is 5.93. The van der Waals surface area contributed by atoms with E-state index in [0.29, 0.717) is 0 Å². The highest BCUT2D eigenvalue weighted by atomic mass is 79.9. The van der Waals surface area contributed by atoms with Crippen molar-refractivity contribution in [1.82, 2.24) is 0 Å². The molecular weight excluding hydrogens is 367 g/mol. The predicted octanol–water partition coefficient (Wildman–Crippen LogP) is 4.79. The summed E-state index contributed by atoms with van der Waals surface area (Å²) in [4.78, 5) is 0. The van der Waals surface area contributed by atoms with Crippen LogP contribution in [-0.4, -0.2) is 23.9 Å². The Labute approximate surface area is 125 Å². The Balaban J connectivity index is 2.85. The van der Waals surface area contributed by atoms with Crippen LogP contribution >= 0.6 is 43.5 Å². The van der Waals surface area contributed by atoms with Gasteiger partial charge in [-0.05, 0) is 31.0 Å². The number of halogens is 3. The van der Waals surface area contributed by atoms with Crippen LogP contribution in [0, 0.1) is 0 Å². The number of ether oxygens (including phenoxy) is 1. The summed E-state index contributed by atoms with van der Waals surface area (Å²) in [5, 5.41) is 2.58. The summed E-state index contributed by atoms with van der Waals surface area (Å²) in [6, 6.07) is 8.07. The second-order valence-electron chi connectivity index (χ2n) is 4.00. The van der Waals surface area contributed by atoms with Crippen LogP contribution in [0.5, 0.6) is 0 Å². The zero-order valence-corrected chi connectivity index (χ0v) is 13.8. The summed E-state index contributed by atoms with van der Waals surface area (Å²) in [5.41, 5.74) is 1.36. The van der Waals surface area contributed by atoms with Crippen LogP contribution in [0.4, 0.5) is 0 Å². The van der Waals surface area contributed by atoms with E-state index in [4.69, 9.17) is 16.3 Å². The molecule has 4 heteroatoms. The van der Waals surface area contributed by atoms with E-state index in [1.54, 1.807) is 0 Å². The van der Waals surface area contributed by atoms with Gasteiger partial charge in [-0.1, -0.05) is 55.6 Å². The number of rotatable bonds is 7. The minimum atomic E-state index is 0.0692. The van der Waals surface area contributed by atoms with Crippen molar-refractivity contribution < 1.29 is 4.74 Å². The van der Waals surface area contributed by atoms with Gasteiger partial charge in [-0.25, -0.2) is 0 Å². The van der Waals surface area contributed by atoms with E-state index in [1.165, 1.54) is 5.56 Å². The van der Waals surface area contributed by atoms with Crippen molar-refractivity contribution in [3.8, 4) is 0 Å². The van der Waals surface area contributed by atoms with E-state index in [9.17, 15) is 0 Å². The summed E-state index contributed by atoms with van der Waals surface area (Å²) in [6.07, 6.45) is 0.985. The zero-order valence-electron chi connectivity index (χ0n) is 9.89. The van der Waals surface area contributed by atoms with Crippen molar-refractivity contribution in [3.63, 3.8) is 0 Å². The molecule has 0 N–H and O–H groups in total. The molecule has 0 radical (unpaired) electrons. The first-order chi connectivity index (χ1) is 8.18. The maximum Gasteiger partial charge on any atom is 0.0474 e. The molecule has 1 aromatic rings. The third-order valence-electron chi connectivity index (χ3n) is 2.90. The molecule has 0 fully saturated rings. The molecule has 1 aromatic carbocycles. The van der Waals surface area contributed by atoms with Crippen LogP contribution in [-0.2, 0) is 10.2 Å². The minimum Gasteiger partial charge on any atom is -0.382 e. The fourth-order valence-corrected chi connectivity index (χ4v) is 3.95. The van der Waals surface area contributed by atoms with Crippen LogP contribution < -0.4 is 0 Å². The van der Waals surface area contributed by atoms with E-state index in [2.05, 4.69) is 44.0 Å². The van der Waals surface area contributed by atoms with Gasteiger partial charge in [0.25, 0.3) is 0 Å². The molecular formula is C13H17Br2ClO. The summed E-state index contributed by atoms with van der Waals surface area (Å²) in [7, 11) is 0. The molecule has 0 heterocycles. The van der Waals surface area contributed by atoms with Crippen LogP contribution in [0.1, 0.15) is 18.9 Å². The molecule has 1 rings (SSSR count). The van der Waals surface area contributed by atoms with Gasteiger partial charge in [-0.15, -0.1) is 0 Å². The molecule has 17 heavy (non-hydrogen) atoms. The van der Waals surface area contributed by atoms with Crippen molar-refractivity contribution in [1.29, 1.82) is 0 Å². The second-order valence-corrected chi connectivity index (χ2v) is 5.56. The molecule has 1 nitrogen and oxygen atoms in total. The van der Waals surface area contributed by atoms with Crippen molar-refractivity contribution in [3.05, 3.63) is 34.9 Å². The Morgan fingerprint density at radius 3 is 2.24 bits per heavy atom. The largest absolute Gasteiger partial charge is 0.382 e. The van der Waals surface area contributed by atoms with Gasteiger partial charge < -0.3 is 4.74 Å². The van der Waals surface area contributed by atoms with Gasteiger partial charge in [0.2, 0.25) is 0 Å². The number of alkyl halides is 2. The Morgan fingerprint density at radius 2 is 1.76 bits per heavy atom. The highest BCUT2D eigenvalue weighted by molar-refractivity contribution is 9.09. The van der Waals surface area contributed by atoms with Crippen molar-refractivity contribution in [2.24, 2.45) is 0 Å². The fourth-order valence-electron chi connectivity index (χ4n) is 1.68. The molecule has 0 saturated heterocycles. The third kappa shape index (κ3) is 4.23. The van der Waals surface area contributed by atoms with Gasteiger partial charge in [0.1, 0.15) is 0 Å². The topological polar surface area (TPSA) is 9.23 Å². The second kappa shape index (κ2) is 7.78. The van der Waals surface area contributed by atoms with Gasteiger partial charge in [0, 0.05) is 34.3 Å². The van der Waals surface area contributed by atoms with Crippen LogP contribution in [0.15, 0.2) is 24.3 Å². The molecule has 0 amide bonds. The van der Waals surface area contributed by atoms with Crippen molar-refractivity contribution in [2.75, 3.05) is 23.9 Å². The number of hydrogen-bond acceptors (Lipinski definition) is 1. The fraction of sp³-hybridized carbons (Fsp3) is 0.538. The molecule has 0 aliphatic heterocycles. The van der Waals surface area contributed by atoms with Gasteiger partial charge in [-0.2, -0.15) is 0 Å². The SMILES string of the molecule is CCOCCC(CBr)(CBr)c1ccc(Cl)cc1. The summed E-state index contributed by atoms with van der Waals surface area (Å²) >= 11 is 13.2. The molecule has 0 saturated carbocycles. The lowest BCUT2D eigenvalue weighted by atomic mass is 9.82. The van der Waals surface area contributed by atoms with Crippen LogP contribution in [0.25, 0.3) is 0 Å². The van der Waals surface area contributed by atoms with Gasteiger partial charge >= 0.3 is 0 Å². The zero-order chi connectivity index (χ0) is 12.7. The first-order valence-corrected chi connectivity index (χ1v) is 8.26. The van der Waals surface area contributed by atoms with Gasteiger partial charge in [-0.3, -0.25) is 0 Å². The Morgan fingerprint density at radius 1 is 1.18 bits per heavy atom. The van der Waals surface area contributed by atoms with E-state index in [-0.39, 0.29) is 5.41 Å². The van der Waals surface area contributed by atoms with Gasteiger partial charge in [0.05, 0.1) is 0 Å². The lowest BCUT2D eigenvalue weighted by Crippen LogP contribution is -2.31. The first kappa shape index (κ1) is 15.5. The molecule has 0 atom stereocenters. The third-order valence-corrected chi connectivity index (χ3v) is 5.30. The van der Waals surface area contributed by atoms with E-state index >= 15 is 0 Å². The van der Waals surface area contributed by atoms with Gasteiger partial charge in [0.15, 0.2) is 0 Å². The van der Waals surface area contributed by atoms with Crippen molar-refractivity contribution >= 4 is 43.5 Å². The highest BCUT2D eigenvalue weighted by Crippen LogP contribution is 2.33. The van der Waals surface area contributed by atoms with E-state index in [1.807, 2.05) is 19.1 Å². The minimum absolute atomic E-state index is 0.0692. The normalized spacial score (nSPS) is 11.8. The van der Waals surface area contributed by atoms with E-state index < -0.39 is 0 Å². The van der Waals surface area contributed by atoms with Crippen LogP contribution in [0.3, 0.4) is 0 Å². The summed E-state index contributed by atoms with van der Waals surface area (Å²) in [5.74, 6) is 0. The molecule has 96 valence electrons. The number of hydrogen-bond donors (Lipinski definition) is 0. The Hall–Kier alpha value is 0.430. The molecule has 0 aliphatic carbocycles. The highest BCUT2D eigenvalue weighted by Gasteiger charge is 2.29. The summed E-state index contributed by atoms with van der Waals surface area (Å²) in [6.45, 7) is 3.56. The molecule has 0 bridgehead atoms. The monoisotopic (exact) mass is 382 g/mol. The molecule has 0 unspecified atom stereocenters. The average molecular weight is 385 g/mol. The average Bonchev–Trinajstić information content (AvgIpc) is 2.37. The Bertz CT molecular complexity index is 323. The lowest BCUT2D eigenvalue weighted by molar-refractivity contribution is 0.131. The Kier molecular flexibility index (Phi) is 7.08. The summed E-state index contributed by atoms with van der Waals surface area (Å²) < 4.78 is 5.47. The molecule has 0 spiro atoms. The lowest BCUT2D eigenvalue weighted by Gasteiger charge is -2.30. The first-order valence-electron chi connectivity index (χ1n) is 5.64. The molecule has 0 aliphatic rings. The van der Waals surface area contributed by atoms with Crippen molar-refractivity contribution in [2.45, 2.75) is 18.8 Å². The quantitative estimate of drug-likeness (QED) is 0.485. The predicted molar refractivity (Wildman–Crippen MR) is 81.8 cm³/mol.